The Hall–Kier alpha value is -2.08. The Kier molecular flexibility index (Phi) is 4.14. The number of aromatic nitrogens is 2. The van der Waals surface area contributed by atoms with Crippen molar-refractivity contribution >= 4 is 29.2 Å². The zero-order valence-corrected chi connectivity index (χ0v) is 10.2. The topological polar surface area (TPSA) is 75.1 Å². The minimum absolute atomic E-state index is 0.0199. The van der Waals surface area contributed by atoms with Gasteiger partial charge < -0.3 is 10.4 Å². The predicted molar refractivity (Wildman–Crippen MR) is 70.1 cm³/mol. The van der Waals surface area contributed by atoms with Gasteiger partial charge in [-0.05, 0) is 24.3 Å². The Labute approximate surface area is 108 Å². The molecular weight excluding hydrogens is 250 g/mol. The van der Waals surface area contributed by atoms with E-state index in [2.05, 4.69) is 15.3 Å². The summed E-state index contributed by atoms with van der Waals surface area (Å²) >= 11 is 1.17. The summed E-state index contributed by atoms with van der Waals surface area (Å²) in [5.41, 5.74) is 0.752. The van der Waals surface area contributed by atoms with E-state index < -0.39 is 5.97 Å². The SMILES string of the molecule is O=C(O)CSc1ncccc1Nc1ccccn1. The molecule has 0 aliphatic carbocycles. The third-order valence-corrected chi connectivity index (χ3v) is 3.02. The Morgan fingerprint density at radius 3 is 2.78 bits per heavy atom. The molecule has 2 heterocycles. The van der Waals surface area contributed by atoms with Crippen LogP contribution in [0.3, 0.4) is 0 Å². The molecule has 5 nitrogen and oxygen atoms in total. The molecule has 2 N–H and O–H groups in total. The number of rotatable bonds is 5. The maximum atomic E-state index is 10.6. The third-order valence-electron chi connectivity index (χ3n) is 2.03. The molecule has 2 aromatic rings. The molecule has 2 aromatic heterocycles. The second-order valence-corrected chi connectivity index (χ2v) is 4.34. The normalized spacial score (nSPS) is 10.0. The van der Waals surface area contributed by atoms with E-state index in [0.29, 0.717) is 10.8 Å². The number of aliphatic carboxylic acids is 1. The van der Waals surface area contributed by atoms with Crippen molar-refractivity contribution in [2.24, 2.45) is 0 Å². The molecule has 6 heteroatoms. The van der Waals surface area contributed by atoms with E-state index in [4.69, 9.17) is 5.11 Å². The fourth-order valence-corrected chi connectivity index (χ4v) is 1.98. The van der Waals surface area contributed by atoms with Crippen LogP contribution in [0.1, 0.15) is 0 Å². The zero-order chi connectivity index (χ0) is 12.8. The van der Waals surface area contributed by atoms with Crippen LogP contribution < -0.4 is 5.32 Å². The smallest absolute Gasteiger partial charge is 0.313 e. The van der Waals surface area contributed by atoms with Gasteiger partial charge in [0.2, 0.25) is 0 Å². The highest BCUT2D eigenvalue weighted by Gasteiger charge is 2.07. The van der Waals surface area contributed by atoms with Gasteiger partial charge in [0.25, 0.3) is 0 Å². The first-order chi connectivity index (χ1) is 8.75. The molecule has 0 aromatic carbocycles. The van der Waals surface area contributed by atoms with Crippen molar-refractivity contribution in [3.63, 3.8) is 0 Å². The summed E-state index contributed by atoms with van der Waals surface area (Å²) in [6, 6.07) is 9.16. The van der Waals surface area contributed by atoms with Crippen molar-refractivity contribution in [2.45, 2.75) is 5.03 Å². The highest BCUT2D eigenvalue weighted by atomic mass is 32.2. The second-order valence-electron chi connectivity index (χ2n) is 3.38. The lowest BCUT2D eigenvalue weighted by Crippen LogP contribution is -2.00. The van der Waals surface area contributed by atoms with Gasteiger partial charge in [0.15, 0.2) is 0 Å². The molecular formula is C12H11N3O2S. The van der Waals surface area contributed by atoms with Crippen LogP contribution in [0.15, 0.2) is 47.8 Å². The predicted octanol–water partition coefficient (Wildman–Crippen LogP) is 2.40. The molecule has 0 atom stereocenters. The van der Waals surface area contributed by atoms with Gasteiger partial charge in [-0.1, -0.05) is 17.8 Å². The first-order valence-electron chi connectivity index (χ1n) is 5.23. The summed E-state index contributed by atoms with van der Waals surface area (Å²) in [4.78, 5) is 18.9. The lowest BCUT2D eigenvalue weighted by atomic mass is 10.4. The van der Waals surface area contributed by atoms with Crippen molar-refractivity contribution < 1.29 is 9.90 Å². The van der Waals surface area contributed by atoms with E-state index in [0.717, 1.165) is 5.69 Å². The fraction of sp³-hybridized carbons (Fsp3) is 0.0833. The number of thioether (sulfide) groups is 1. The van der Waals surface area contributed by atoms with Crippen LogP contribution in [-0.4, -0.2) is 26.8 Å². The van der Waals surface area contributed by atoms with Gasteiger partial charge in [0.05, 0.1) is 11.4 Å². The van der Waals surface area contributed by atoms with Crippen LogP contribution in [0.4, 0.5) is 11.5 Å². The van der Waals surface area contributed by atoms with Gasteiger partial charge in [-0.15, -0.1) is 0 Å². The van der Waals surface area contributed by atoms with E-state index in [1.165, 1.54) is 11.8 Å². The molecule has 0 aliphatic rings. The number of hydrogen-bond donors (Lipinski definition) is 2. The average molecular weight is 261 g/mol. The number of carboxylic acid groups (broad SMARTS) is 1. The van der Waals surface area contributed by atoms with Crippen molar-refractivity contribution in [3.05, 3.63) is 42.7 Å². The number of carboxylic acids is 1. The minimum atomic E-state index is -0.866. The molecule has 0 amide bonds. The molecule has 0 radical (unpaired) electrons. The molecule has 0 saturated heterocycles. The third kappa shape index (κ3) is 3.46. The maximum absolute atomic E-state index is 10.6. The van der Waals surface area contributed by atoms with Gasteiger partial charge in [-0.3, -0.25) is 4.79 Å². The highest BCUT2D eigenvalue weighted by molar-refractivity contribution is 8.00. The summed E-state index contributed by atoms with van der Waals surface area (Å²) in [6.45, 7) is 0. The van der Waals surface area contributed by atoms with E-state index in [1.807, 2.05) is 24.3 Å². The molecule has 92 valence electrons. The maximum Gasteiger partial charge on any atom is 0.313 e. The number of hydrogen-bond acceptors (Lipinski definition) is 5. The minimum Gasteiger partial charge on any atom is -0.481 e. The summed E-state index contributed by atoms with van der Waals surface area (Å²) < 4.78 is 0. The first kappa shape index (κ1) is 12.4. The van der Waals surface area contributed by atoms with Crippen LogP contribution in [0, 0.1) is 0 Å². The average Bonchev–Trinajstić information content (AvgIpc) is 2.39. The lowest BCUT2D eigenvalue weighted by Gasteiger charge is -2.08. The van der Waals surface area contributed by atoms with E-state index >= 15 is 0 Å². The number of anilines is 2. The molecule has 0 spiro atoms. The van der Waals surface area contributed by atoms with Crippen LogP contribution >= 0.6 is 11.8 Å². The second kappa shape index (κ2) is 6.02. The molecule has 0 aliphatic heterocycles. The quantitative estimate of drug-likeness (QED) is 0.805. The van der Waals surface area contributed by atoms with Crippen LogP contribution in [0.5, 0.6) is 0 Å². The standard InChI is InChI=1S/C12H11N3O2S/c16-11(17)8-18-12-9(4-3-7-14-12)15-10-5-1-2-6-13-10/h1-7H,8H2,(H,13,15)(H,16,17). The number of nitrogens with one attached hydrogen (secondary N) is 1. The van der Waals surface area contributed by atoms with Gasteiger partial charge in [0, 0.05) is 12.4 Å². The summed E-state index contributed by atoms with van der Waals surface area (Å²) in [5.74, 6) is -0.189. The Morgan fingerprint density at radius 2 is 2.06 bits per heavy atom. The van der Waals surface area contributed by atoms with E-state index in [-0.39, 0.29) is 5.75 Å². The number of nitrogens with zero attached hydrogens (tertiary/aromatic N) is 2. The van der Waals surface area contributed by atoms with E-state index in [1.54, 1.807) is 18.5 Å². The van der Waals surface area contributed by atoms with Crippen LogP contribution in [0.25, 0.3) is 0 Å². The van der Waals surface area contributed by atoms with Crippen molar-refractivity contribution in [1.82, 2.24) is 9.97 Å². The highest BCUT2D eigenvalue weighted by Crippen LogP contribution is 2.26. The Balaban J connectivity index is 2.14. The van der Waals surface area contributed by atoms with Crippen molar-refractivity contribution in [3.8, 4) is 0 Å². The van der Waals surface area contributed by atoms with E-state index in [9.17, 15) is 4.79 Å². The first-order valence-corrected chi connectivity index (χ1v) is 6.22. The van der Waals surface area contributed by atoms with Crippen LogP contribution in [-0.2, 0) is 4.79 Å². The molecule has 0 bridgehead atoms. The molecule has 0 saturated carbocycles. The fourth-order valence-electron chi connectivity index (χ4n) is 1.31. The number of pyridine rings is 2. The summed E-state index contributed by atoms with van der Waals surface area (Å²) in [7, 11) is 0. The summed E-state index contributed by atoms with van der Waals surface area (Å²) in [6.07, 6.45) is 3.32. The molecule has 2 rings (SSSR count). The summed E-state index contributed by atoms with van der Waals surface area (Å²) in [5, 5.41) is 12.4. The van der Waals surface area contributed by atoms with Crippen molar-refractivity contribution in [2.75, 3.05) is 11.1 Å². The Morgan fingerprint density at radius 1 is 1.22 bits per heavy atom. The molecule has 18 heavy (non-hydrogen) atoms. The van der Waals surface area contributed by atoms with Gasteiger partial charge in [0.1, 0.15) is 10.8 Å². The van der Waals surface area contributed by atoms with Gasteiger partial charge >= 0.3 is 5.97 Å². The molecule has 0 fully saturated rings. The largest absolute Gasteiger partial charge is 0.481 e. The lowest BCUT2D eigenvalue weighted by molar-refractivity contribution is -0.133. The Bertz CT molecular complexity index is 534. The zero-order valence-electron chi connectivity index (χ0n) is 9.41. The van der Waals surface area contributed by atoms with Crippen molar-refractivity contribution in [1.29, 1.82) is 0 Å². The van der Waals surface area contributed by atoms with Gasteiger partial charge in [-0.2, -0.15) is 0 Å². The van der Waals surface area contributed by atoms with Crippen LogP contribution in [0.2, 0.25) is 0 Å². The molecule has 0 unspecified atom stereocenters. The number of carbonyl (C=O) groups is 1. The monoisotopic (exact) mass is 261 g/mol. The van der Waals surface area contributed by atoms with Gasteiger partial charge in [-0.25, -0.2) is 9.97 Å².